The van der Waals surface area contributed by atoms with Crippen molar-refractivity contribution in [2.75, 3.05) is 5.32 Å². The van der Waals surface area contributed by atoms with Gasteiger partial charge in [0.05, 0.1) is 0 Å². The normalized spacial score (nSPS) is 10.9. The molecule has 0 fully saturated rings. The molecule has 0 aliphatic heterocycles. The molecule has 0 saturated heterocycles. The molecular formula is C18H25N. The summed E-state index contributed by atoms with van der Waals surface area (Å²) in [4.78, 5) is 0. The van der Waals surface area contributed by atoms with Crippen molar-refractivity contribution in [3.05, 3.63) is 53.3 Å². The predicted molar refractivity (Wildman–Crippen MR) is 87.2 cm³/mol. The Labute approximate surface area is 118 Å². The van der Waals surface area contributed by atoms with Crippen molar-refractivity contribution < 1.29 is 0 Å². The van der Waals surface area contributed by atoms with E-state index in [1.165, 1.54) is 16.8 Å². The Morgan fingerprint density at radius 2 is 1.79 bits per heavy atom. The standard InChI is InChI=1S/C16H23N.C2H2/c1-5-7-9-15(8-6-2)17-16-11-10-13(3)14(4)12-16;1-2/h7-12,17H,5-6H2,1-4H3;1-2H/b9-7-,15-8+;. The predicted octanol–water partition coefficient (Wildman–Crippen LogP) is 5.22. The van der Waals surface area contributed by atoms with Gasteiger partial charge in [0.15, 0.2) is 0 Å². The molecule has 0 aliphatic rings. The molecule has 102 valence electrons. The van der Waals surface area contributed by atoms with Crippen LogP contribution in [0.2, 0.25) is 0 Å². The van der Waals surface area contributed by atoms with E-state index in [0.717, 1.165) is 18.5 Å². The van der Waals surface area contributed by atoms with Crippen molar-refractivity contribution in [3.8, 4) is 12.8 Å². The van der Waals surface area contributed by atoms with Crippen molar-refractivity contribution >= 4 is 5.69 Å². The van der Waals surface area contributed by atoms with Crippen LogP contribution < -0.4 is 5.32 Å². The minimum atomic E-state index is 1.04. The van der Waals surface area contributed by atoms with Crippen molar-refractivity contribution in [1.29, 1.82) is 0 Å². The van der Waals surface area contributed by atoms with E-state index in [1.807, 2.05) is 0 Å². The average molecular weight is 255 g/mol. The number of benzene rings is 1. The van der Waals surface area contributed by atoms with Crippen molar-refractivity contribution in [2.45, 2.75) is 40.5 Å². The van der Waals surface area contributed by atoms with Crippen LogP contribution in [-0.2, 0) is 0 Å². The van der Waals surface area contributed by atoms with Gasteiger partial charge in [0.2, 0.25) is 0 Å². The summed E-state index contributed by atoms with van der Waals surface area (Å²) >= 11 is 0. The van der Waals surface area contributed by atoms with Crippen LogP contribution in [0.3, 0.4) is 0 Å². The molecule has 1 aromatic carbocycles. The molecule has 1 heteroatoms. The summed E-state index contributed by atoms with van der Waals surface area (Å²) in [7, 11) is 0. The van der Waals surface area contributed by atoms with E-state index in [1.54, 1.807) is 0 Å². The number of rotatable bonds is 5. The van der Waals surface area contributed by atoms with Gasteiger partial charge < -0.3 is 5.32 Å². The second-order valence-electron chi connectivity index (χ2n) is 4.30. The number of aryl methyl sites for hydroxylation is 2. The summed E-state index contributed by atoms with van der Waals surface area (Å²) in [5, 5.41) is 3.46. The number of nitrogens with one attached hydrogen (secondary N) is 1. The molecule has 0 radical (unpaired) electrons. The SMILES string of the molecule is C#C.CC/C=C\C(=C/CC)Nc1ccc(C)c(C)c1. The lowest BCUT2D eigenvalue weighted by Gasteiger charge is -2.09. The van der Waals surface area contributed by atoms with Crippen molar-refractivity contribution in [3.63, 3.8) is 0 Å². The minimum Gasteiger partial charge on any atom is -0.356 e. The average Bonchev–Trinajstić information content (AvgIpc) is 2.43. The van der Waals surface area contributed by atoms with E-state index in [0.29, 0.717) is 0 Å². The first-order chi connectivity index (χ1) is 9.17. The Morgan fingerprint density at radius 3 is 2.32 bits per heavy atom. The summed E-state index contributed by atoms with van der Waals surface area (Å²) in [6.45, 7) is 8.59. The molecule has 1 N–H and O–H groups in total. The van der Waals surface area contributed by atoms with Crippen LogP contribution >= 0.6 is 0 Å². The highest BCUT2D eigenvalue weighted by Gasteiger charge is 1.97. The molecule has 0 amide bonds. The van der Waals surface area contributed by atoms with Crippen LogP contribution in [-0.4, -0.2) is 0 Å². The van der Waals surface area contributed by atoms with E-state index < -0.39 is 0 Å². The molecule has 0 unspecified atom stereocenters. The zero-order chi connectivity index (χ0) is 14.7. The Bertz CT molecular complexity index is 450. The van der Waals surface area contributed by atoms with Crippen LogP contribution in [0.15, 0.2) is 42.1 Å². The third-order valence-corrected chi connectivity index (χ3v) is 2.75. The maximum Gasteiger partial charge on any atom is 0.0386 e. The maximum absolute atomic E-state index is 4.00. The summed E-state index contributed by atoms with van der Waals surface area (Å²) in [5.74, 6) is 0. The van der Waals surface area contributed by atoms with E-state index in [-0.39, 0.29) is 0 Å². The van der Waals surface area contributed by atoms with Crippen LogP contribution in [0, 0.1) is 26.7 Å². The second kappa shape index (κ2) is 10.0. The molecule has 0 heterocycles. The van der Waals surface area contributed by atoms with Crippen LogP contribution in [0.1, 0.15) is 37.8 Å². The quantitative estimate of drug-likeness (QED) is 0.561. The van der Waals surface area contributed by atoms with E-state index >= 15 is 0 Å². The number of hydrogen-bond donors (Lipinski definition) is 1. The Hall–Kier alpha value is -1.94. The molecule has 0 saturated carbocycles. The molecule has 0 aromatic heterocycles. The van der Waals surface area contributed by atoms with Gasteiger partial charge in [0.25, 0.3) is 0 Å². The molecular weight excluding hydrogens is 230 g/mol. The van der Waals surface area contributed by atoms with Gasteiger partial charge in [-0.3, -0.25) is 0 Å². The molecule has 0 atom stereocenters. The highest BCUT2D eigenvalue weighted by molar-refractivity contribution is 5.53. The molecule has 1 aromatic rings. The second-order valence-corrected chi connectivity index (χ2v) is 4.30. The molecule has 0 spiro atoms. The molecule has 0 aliphatic carbocycles. The van der Waals surface area contributed by atoms with Gasteiger partial charge in [0, 0.05) is 11.4 Å². The molecule has 19 heavy (non-hydrogen) atoms. The minimum absolute atomic E-state index is 1.04. The third-order valence-electron chi connectivity index (χ3n) is 2.75. The van der Waals surface area contributed by atoms with Gasteiger partial charge in [-0.25, -0.2) is 0 Å². The van der Waals surface area contributed by atoms with Crippen LogP contribution in [0.5, 0.6) is 0 Å². The maximum atomic E-state index is 4.00. The third kappa shape index (κ3) is 6.52. The topological polar surface area (TPSA) is 12.0 Å². The summed E-state index contributed by atoms with van der Waals surface area (Å²) < 4.78 is 0. The lowest BCUT2D eigenvalue weighted by atomic mass is 10.1. The van der Waals surface area contributed by atoms with E-state index in [4.69, 9.17) is 0 Å². The van der Waals surface area contributed by atoms with E-state index in [2.05, 4.69) is 82.3 Å². The van der Waals surface area contributed by atoms with Gasteiger partial charge in [0.1, 0.15) is 0 Å². The first kappa shape index (κ1) is 17.1. The first-order valence-electron chi connectivity index (χ1n) is 6.71. The van der Waals surface area contributed by atoms with Crippen molar-refractivity contribution in [2.24, 2.45) is 0 Å². The number of hydrogen-bond acceptors (Lipinski definition) is 1. The summed E-state index contributed by atoms with van der Waals surface area (Å²) in [5.41, 5.74) is 5.00. The Balaban J connectivity index is 0.00000154. The fourth-order valence-electron chi connectivity index (χ4n) is 1.61. The number of anilines is 1. The van der Waals surface area contributed by atoms with Gasteiger partial charge in [-0.1, -0.05) is 32.1 Å². The summed E-state index contributed by atoms with van der Waals surface area (Å²) in [6, 6.07) is 6.48. The van der Waals surface area contributed by atoms with Gasteiger partial charge in [-0.2, -0.15) is 0 Å². The number of allylic oxidation sites excluding steroid dienone is 3. The zero-order valence-corrected chi connectivity index (χ0v) is 12.5. The Morgan fingerprint density at radius 1 is 1.11 bits per heavy atom. The summed E-state index contributed by atoms with van der Waals surface area (Å²) in [6.07, 6.45) is 16.6. The monoisotopic (exact) mass is 255 g/mol. The lowest BCUT2D eigenvalue weighted by molar-refractivity contribution is 1.18. The van der Waals surface area contributed by atoms with Gasteiger partial charge in [-0.05, 0) is 56.0 Å². The van der Waals surface area contributed by atoms with Crippen LogP contribution in [0.4, 0.5) is 5.69 Å². The van der Waals surface area contributed by atoms with Crippen molar-refractivity contribution in [1.82, 2.24) is 0 Å². The Kier molecular flexibility index (Phi) is 9.00. The zero-order valence-electron chi connectivity index (χ0n) is 12.5. The molecule has 0 bridgehead atoms. The highest BCUT2D eigenvalue weighted by atomic mass is 14.9. The van der Waals surface area contributed by atoms with E-state index in [9.17, 15) is 0 Å². The lowest BCUT2D eigenvalue weighted by Crippen LogP contribution is -1.97. The van der Waals surface area contributed by atoms with Gasteiger partial charge in [-0.15, -0.1) is 12.8 Å². The number of terminal acetylenes is 1. The van der Waals surface area contributed by atoms with Gasteiger partial charge >= 0.3 is 0 Å². The first-order valence-corrected chi connectivity index (χ1v) is 6.71. The highest BCUT2D eigenvalue weighted by Crippen LogP contribution is 2.16. The van der Waals surface area contributed by atoms with Crippen LogP contribution in [0.25, 0.3) is 0 Å². The molecule has 1 rings (SSSR count). The fourth-order valence-corrected chi connectivity index (χ4v) is 1.61. The molecule has 1 nitrogen and oxygen atoms in total. The smallest absolute Gasteiger partial charge is 0.0386 e. The largest absolute Gasteiger partial charge is 0.356 e. The fraction of sp³-hybridized carbons (Fsp3) is 0.333.